The van der Waals surface area contributed by atoms with Crippen LogP contribution in [0.25, 0.3) is 5.65 Å². The predicted octanol–water partition coefficient (Wildman–Crippen LogP) is 3.29. The van der Waals surface area contributed by atoms with E-state index < -0.39 is 0 Å². The molecule has 1 aromatic carbocycles. The zero-order valence-electron chi connectivity index (χ0n) is 11.8. The van der Waals surface area contributed by atoms with Crippen LogP contribution in [-0.2, 0) is 13.0 Å². The van der Waals surface area contributed by atoms with Crippen LogP contribution in [0, 0.1) is 18.3 Å². The third-order valence-electron chi connectivity index (χ3n) is 3.39. The van der Waals surface area contributed by atoms with Gasteiger partial charge in [-0.3, -0.25) is 4.40 Å². The molecule has 0 spiro atoms. The molecule has 0 saturated heterocycles. The number of imidazole rings is 1. The highest BCUT2D eigenvalue weighted by Gasteiger charge is 2.09. The number of hydrogen-bond acceptors (Lipinski definition) is 3. The van der Waals surface area contributed by atoms with Crippen molar-refractivity contribution in [1.29, 1.82) is 5.26 Å². The van der Waals surface area contributed by atoms with E-state index in [1.54, 1.807) is 0 Å². The van der Waals surface area contributed by atoms with Gasteiger partial charge in [-0.05, 0) is 24.6 Å². The Morgan fingerprint density at radius 2 is 2.00 bits per heavy atom. The highest BCUT2D eigenvalue weighted by molar-refractivity contribution is 5.46. The quantitative estimate of drug-likeness (QED) is 0.735. The first-order chi connectivity index (χ1) is 10.3. The van der Waals surface area contributed by atoms with Crippen LogP contribution in [0.1, 0.15) is 17.0 Å². The molecule has 4 nitrogen and oxygen atoms in total. The average molecular weight is 277 g/mol. The van der Waals surface area contributed by atoms with E-state index in [-0.39, 0.29) is 0 Å². The van der Waals surface area contributed by atoms with E-state index in [2.05, 4.69) is 11.1 Å². The van der Waals surface area contributed by atoms with Crippen molar-refractivity contribution < 1.29 is 4.74 Å². The minimum absolute atomic E-state index is 0.342. The second kappa shape index (κ2) is 5.68. The van der Waals surface area contributed by atoms with Crippen molar-refractivity contribution in [2.45, 2.75) is 20.0 Å². The summed E-state index contributed by atoms with van der Waals surface area (Å²) in [6, 6.07) is 16.0. The Morgan fingerprint density at radius 1 is 1.19 bits per heavy atom. The summed E-state index contributed by atoms with van der Waals surface area (Å²) in [4.78, 5) is 4.45. The van der Waals surface area contributed by atoms with Gasteiger partial charge in [0.25, 0.3) is 0 Å². The molecule has 0 aliphatic heterocycles. The molecule has 4 heteroatoms. The van der Waals surface area contributed by atoms with E-state index in [1.165, 1.54) is 0 Å². The maximum absolute atomic E-state index is 8.92. The van der Waals surface area contributed by atoms with E-state index in [0.717, 1.165) is 28.3 Å². The Balaban J connectivity index is 1.87. The summed E-state index contributed by atoms with van der Waals surface area (Å²) in [5, 5.41) is 8.92. The van der Waals surface area contributed by atoms with Crippen molar-refractivity contribution in [2.75, 3.05) is 0 Å². The lowest BCUT2D eigenvalue weighted by atomic mass is 10.2. The zero-order chi connectivity index (χ0) is 14.7. The molecule has 0 aliphatic rings. The van der Waals surface area contributed by atoms with Crippen LogP contribution in [0.2, 0.25) is 0 Å². The zero-order valence-corrected chi connectivity index (χ0v) is 11.8. The molecule has 0 N–H and O–H groups in total. The summed E-state index contributed by atoms with van der Waals surface area (Å²) in [6.07, 6.45) is 2.24. The van der Waals surface area contributed by atoms with Crippen LogP contribution in [0.4, 0.5) is 0 Å². The van der Waals surface area contributed by atoms with Gasteiger partial charge in [0.2, 0.25) is 0 Å². The van der Waals surface area contributed by atoms with Crippen molar-refractivity contribution in [2.24, 2.45) is 0 Å². The number of benzene rings is 1. The van der Waals surface area contributed by atoms with Gasteiger partial charge in [-0.1, -0.05) is 30.3 Å². The third-order valence-corrected chi connectivity index (χ3v) is 3.39. The van der Waals surface area contributed by atoms with Crippen LogP contribution < -0.4 is 4.74 Å². The number of nitriles is 1. The smallest absolute Gasteiger partial charge is 0.137 e. The summed E-state index contributed by atoms with van der Waals surface area (Å²) in [7, 11) is 0. The number of fused-ring (bicyclic) bond motifs is 1. The minimum Gasteiger partial charge on any atom is -0.487 e. The third kappa shape index (κ3) is 2.72. The number of aromatic nitrogens is 2. The number of hydrogen-bond donors (Lipinski definition) is 0. The first-order valence-corrected chi connectivity index (χ1v) is 6.79. The van der Waals surface area contributed by atoms with E-state index in [4.69, 9.17) is 10.00 Å². The number of aryl methyl sites for hydroxylation is 1. The van der Waals surface area contributed by atoms with E-state index in [1.807, 2.05) is 60.0 Å². The van der Waals surface area contributed by atoms with Gasteiger partial charge in [0.15, 0.2) is 0 Å². The second-order valence-electron chi connectivity index (χ2n) is 4.85. The number of rotatable bonds is 4. The van der Waals surface area contributed by atoms with Crippen LogP contribution in [-0.4, -0.2) is 9.38 Å². The molecule has 0 amide bonds. The fourth-order valence-electron chi connectivity index (χ4n) is 2.31. The normalized spacial score (nSPS) is 10.5. The maximum atomic E-state index is 8.92. The van der Waals surface area contributed by atoms with Crippen LogP contribution >= 0.6 is 0 Å². The monoisotopic (exact) mass is 277 g/mol. The molecule has 0 atom stereocenters. The largest absolute Gasteiger partial charge is 0.487 e. The minimum atomic E-state index is 0.342. The summed E-state index contributed by atoms with van der Waals surface area (Å²) < 4.78 is 7.74. The molecule has 0 unspecified atom stereocenters. The van der Waals surface area contributed by atoms with E-state index >= 15 is 0 Å². The van der Waals surface area contributed by atoms with Crippen molar-refractivity contribution in [3.05, 3.63) is 65.6 Å². The number of pyridine rings is 1. The molecule has 0 bridgehead atoms. The van der Waals surface area contributed by atoms with Crippen LogP contribution in [0.5, 0.6) is 5.75 Å². The van der Waals surface area contributed by atoms with Gasteiger partial charge in [0.1, 0.15) is 18.0 Å². The van der Waals surface area contributed by atoms with Gasteiger partial charge < -0.3 is 4.74 Å². The Morgan fingerprint density at radius 3 is 2.76 bits per heavy atom. The molecule has 3 rings (SSSR count). The molecule has 0 saturated carbocycles. The lowest BCUT2D eigenvalue weighted by Gasteiger charge is -2.07. The van der Waals surface area contributed by atoms with Gasteiger partial charge in [-0.2, -0.15) is 5.26 Å². The molecule has 0 radical (unpaired) electrons. The Kier molecular flexibility index (Phi) is 3.57. The van der Waals surface area contributed by atoms with E-state index in [0.29, 0.717) is 13.0 Å². The predicted molar refractivity (Wildman–Crippen MR) is 80.0 cm³/mol. The highest BCUT2D eigenvalue weighted by Crippen LogP contribution is 2.19. The standard InChI is InChI=1S/C17H15N3O/c1-13-16(9-10-18)20-11-15(7-8-17(20)19-13)21-12-14-5-3-2-4-6-14/h2-8,11H,9,12H2,1H3. The molecule has 0 fully saturated rings. The molecule has 2 aromatic heterocycles. The highest BCUT2D eigenvalue weighted by atomic mass is 16.5. The summed E-state index contributed by atoms with van der Waals surface area (Å²) in [6.45, 7) is 2.44. The second-order valence-corrected chi connectivity index (χ2v) is 4.85. The van der Waals surface area contributed by atoms with E-state index in [9.17, 15) is 0 Å². The Bertz CT molecular complexity index is 800. The molecular formula is C17H15N3O. The summed E-state index contributed by atoms with van der Waals surface area (Å²) in [5.74, 6) is 0.767. The SMILES string of the molecule is Cc1nc2ccc(OCc3ccccc3)cn2c1CC#N. The Hall–Kier alpha value is -2.80. The van der Waals surface area contributed by atoms with Crippen LogP contribution in [0.3, 0.4) is 0 Å². The molecule has 104 valence electrons. The fraction of sp³-hybridized carbons (Fsp3) is 0.176. The van der Waals surface area contributed by atoms with Crippen molar-refractivity contribution in [1.82, 2.24) is 9.38 Å². The van der Waals surface area contributed by atoms with Gasteiger partial charge in [0, 0.05) is 0 Å². The molecule has 0 aliphatic carbocycles. The van der Waals surface area contributed by atoms with Crippen molar-refractivity contribution >= 4 is 5.65 Å². The Labute approximate surface area is 123 Å². The molecular weight excluding hydrogens is 262 g/mol. The topological polar surface area (TPSA) is 50.3 Å². The average Bonchev–Trinajstić information content (AvgIpc) is 2.82. The first-order valence-electron chi connectivity index (χ1n) is 6.79. The summed E-state index contributed by atoms with van der Waals surface area (Å²) in [5.41, 5.74) is 3.76. The fourth-order valence-corrected chi connectivity index (χ4v) is 2.31. The molecule has 3 aromatic rings. The first kappa shape index (κ1) is 13.2. The number of nitrogens with zero attached hydrogens (tertiary/aromatic N) is 3. The molecule has 21 heavy (non-hydrogen) atoms. The van der Waals surface area contributed by atoms with Crippen LogP contribution in [0.15, 0.2) is 48.7 Å². The van der Waals surface area contributed by atoms with Gasteiger partial charge in [0.05, 0.1) is 30.1 Å². The lowest BCUT2D eigenvalue weighted by molar-refractivity contribution is 0.304. The van der Waals surface area contributed by atoms with Gasteiger partial charge >= 0.3 is 0 Å². The molecule has 2 heterocycles. The lowest BCUT2D eigenvalue weighted by Crippen LogP contribution is -1.98. The van der Waals surface area contributed by atoms with Gasteiger partial charge in [-0.25, -0.2) is 4.98 Å². The maximum Gasteiger partial charge on any atom is 0.137 e. The van der Waals surface area contributed by atoms with Crippen molar-refractivity contribution in [3.63, 3.8) is 0 Å². The van der Waals surface area contributed by atoms with Gasteiger partial charge in [-0.15, -0.1) is 0 Å². The van der Waals surface area contributed by atoms with Crippen molar-refractivity contribution in [3.8, 4) is 11.8 Å². The summed E-state index contributed by atoms with van der Waals surface area (Å²) >= 11 is 0. The number of ether oxygens (including phenoxy) is 1.